The summed E-state index contributed by atoms with van der Waals surface area (Å²) >= 11 is 0. The molecule has 2 heterocycles. The van der Waals surface area contributed by atoms with Crippen LogP contribution < -0.4 is 5.32 Å². The van der Waals surface area contributed by atoms with Crippen LogP contribution >= 0.6 is 0 Å². The third-order valence-corrected chi connectivity index (χ3v) is 7.03. The summed E-state index contributed by atoms with van der Waals surface area (Å²) in [6.45, 7) is 0.801. The average Bonchev–Trinajstić information content (AvgIpc) is 3.32. The normalized spacial score (nSPS) is 15.3. The van der Waals surface area contributed by atoms with Gasteiger partial charge < -0.3 is 14.6 Å². The first-order chi connectivity index (χ1) is 14.4. The number of fused-ring (bicyclic) bond motifs is 1. The zero-order valence-electron chi connectivity index (χ0n) is 16.2. The van der Waals surface area contributed by atoms with E-state index in [1.807, 2.05) is 24.3 Å². The first-order valence-electron chi connectivity index (χ1n) is 9.52. The SMILES string of the molecule is O=C(NCC(=O)N1CCN(S(=O)(=O)c2ccc3ccccc3c2)CC1)c1ccoc1. The number of carbonyl (C=O) groups excluding carboxylic acids is 2. The van der Waals surface area contributed by atoms with Crippen molar-refractivity contribution in [3.63, 3.8) is 0 Å². The molecule has 1 N–H and O–H groups in total. The van der Waals surface area contributed by atoms with E-state index in [0.717, 1.165) is 10.8 Å². The van der Waals surface area contributed by atoms with Gasteiger partial charge in [-0.05, 0) is 29.0 Å². The van der Waals surface area contributed by atoms with E-state index in [-0.39, 0.29) is 43.5 Å². The molecule has 3 aromatic rings. The predicted molar refractivity (Wildman–Crippen MR) is 110 cm³/mol. The fourth-order valence-electron chi connectivity index (χ4n) is 3.42. The smallest absolute Gasteiger partial charge is 0.254 e. The van der Waals surface area contributed by atoms with Crippen LogP contribution in [0.25, 0.3) is 10.8 Å². The van der Waals surface area contributed by atoms with Crippen molar-refractivity contribution >= 4 is 32.6 Å². The van der Waals surface area contributed by atoms with Crippen molar-refractivity contribution < 1.29 is 22.4 Å². The lowest BCUT2D eigenvalue weighted by Gasteiger charge is -2.34. The number of hydrogen-bond acceptors (Lipinski definition) is 5. The van der Waals surface area contributed by atoms with Gasteiger partial charge in [0.1, 0.15) is 6.26 Å². The maximum atomic E-state index is 13.0. The molecule has 0 radical (unpaired) electrons. The fraction of sp³-hybridized carbons (Fsp3) is 0.238. The van der Waals surface area contributed by atoms with Crippen molar-refractivity contribution in [1.29, 1.82) is 0 Å². The Morgan fingerprint density at radius 2 is 1.70 bits per heavy atom. The third kappa shape index (κ3) is 4.07. The molecule has 0 saturated carbocycles. The second kappa shape index (κ2) is 8.29. The quantitative estimate of drug-likeness (QED) is 0.668. The number of amides is 2. The van der Waals surface area contributed by atoms with E-state index >= 15 is 0 Å². The summed E-state index contributed by atoms with van der Waals surface area (Å²) in [5, 5.41) is 4.38. The first kappa shape index (κ1) is 20.1. The molecule has 1 saturated heterocycles. The number of sulfonamides is 1. The molecular formula is C21H21N3O5S. The molecule has 30 heavy (non-hydrogen) atoms. The van der Waals surface area contributed by atoms with Crippen molar-refractivity contribution in [2.24, 2.45) is 0 Å². The lowest BCUT2D eigenvalue weighted by atomic mass is 10.1. The van der Waals surface area contributed by atoms with Gasteiger partial charge in [-0.2, -0.15) is 4.31 Å². The van der Waals surface area contributed by atoms with E-state index in [9.17, 15) is 18.0 Å². The van der Waals surface area contributed by atoms with Gasteiger partial charge in [-0.15, -0.1) is 0 Å². The number of benzene rings is 2. The molecule has 9 heteroatoms. The van der Waals surface area contributed by atoms with E-state index in [4.69, 9.17) is 4.42 Å². The minimum Gasteiger partial charge on any atom is -0.472 e. The molecule has 2 aromatic carbocycles. The monoisotopic (exact) mass is 427 g/mol. The number of hydrogen-bond donors (Lipinski definition) is 1. The molecule has 1 fully saturated rings. The number of rotatable bonds is 5. The van der Waals surface area contributed by atoms with Crippen LogP contribution in [0.4, 0.5) is 0 Å². The fourth-order valence-corrected chi connectivity index (χ4v) is 4.88. The van der Waals surface area contributed by atoms with E-state index in [2.05, 4.69) is 5.32 Å². The van der Waals surface area contributed by atoms with Crippen LogP contribution in [-0.4, -0.2) is 62.2 Å². The largest absolute Gasteiger partial charge is 0.472 e. The molecule has 1 aliphatic heterocycles. The van der Waals surface area contributed by atoms with Gasteiger partial charge in [0, 0.05) is 26.2 Å². The van der Waals surface area contributed by atoms with Crippen molar-refractivity contribution in [3.05, 3.63) is 66.6 Å². The van der Waals surface area contributed by atoms with Crippen LogP contribution in [0.1, 0.15) is 10.4 Å². The summed E-state index contributed by atoms with van der Waals surface area (Å²) in [4.78, 5) is 26.1. The Labute approximate surface area is 174 Å². The number of furan rings is 1. The van der Waals surface area contributed by atoms with Gasteiger partial charge in [-0.25, -0.2) is 8.42 Å². The van der Waals surface area contributed by atoms with Crippen molar-refractivity contribution in [1.82, 2.24) is 14.5 Å². The molecule has 8 nitrogen and oxygen atoms in total. The lowest BCUT2D eigenvalue weighted by molar-refractivity contribution is -0.131. The van der Waals surface area contributed by atoms with Crippen molar-refractivity contribution in [2.45, 2.75) is 4.90 Å². The highest BCUT2D eigenvalue weighted by molar-refractivity contribution is 7.89. The van der Waals surface area contributed by atoms with Crippen LogP contribution in [0, 0.1) is 0 Å². The number of nitrogens with one attached hydrogen (secondary N) is 1. The van der Waals surface area contributed by atoms with E-state index in [1.165, 1.54) is 22.9 Å². The summed E-state index contributed by atoms with van der Waals surface area (Å²) in [7, 11) is -3.64. The summed E-state index contributed by atoms with van der Waals surface area (Å²) in [6.07, 6.45) is 2.68. The van der Waals surface area contributed by atoms with Gasteiger partial charge in [0.25, 0.3) is 5.91 Å². The number of carbonyl (C=O) groups is 2. The van der Waals surface area contributed by atoms with Gasteiger partial charge in [0.05, 0.1) is 23.3 Å². The molecule has 1 aromatic heterocycles. The predicted octanol–water partition coefficient (Wildman–Crippen LogP) is 1.70. The highest BCUT2D eigenvalue weighted by Gasteiger charge is 2.30. The minimum absolute atomic E-state index is 0.151. The zero-order chi connectivity index (χ0) is 21.1. The number of piperazine rings is 1. The van der Waals surface area contributed by atoms with Crippen LogP contribution in [0.3, 0.4) is 0 Å². The van der Waals surface area contributed by atoms with Crippen LogP contribution in [0.5, 0.6) is 0 Å². The summed E-state index contributed by atoms with van der Waals surface area (Å²) in [6, 6.07) is 14.2. The molecule has 0 atom stereocenters. The zero-order valence-corrected chi connectivity index (χ0v) is 17.0. The molecule has 0 bridgehead atoms. The van der Waals surface area contributed by atoms with Crippen LogP contribution in [0.15, 0.2) is 70.4 Å². The molecule has 0 unspecified atom stereocenters. The number of nitrogens with zero attached hydrogens (tertiary/aromatic N) is 2. The van der Waals surface area contributed by atoms with E-state index in [1.54, 1.807) is 23.1 Å². The molecule has 4 rings (SSSR count). The maximum absolute atomic E-state index is 13.0. The maximum Gasteiger partial charge on any atom is 0.254 e. The Balaban J connectivity index is 1.36. The van der Waals surface area contributed by atoms with Crippen LogP contribution in [0.2, 0.25) is 0 Å². The molecule has 156 valence electrons. The van der Waals surface area contributed by atoms with E-state index in [0.29, 0.717) is 5.56 Å². The Morgan fingerprint density at radius 3 is 2.40 bits per heavy atom. The molecule has 2 amide bonds. The second-order valence-electron chi connectivity index (χ2n) is 6.99. The lowest BCUT2D eigenvalue weighted by Crippen LogP contribution is -2.52. The van der Waals surface area contributed by atoms with Crippen molar-refractivity contribution in [2.75, 3.05) is 32.7 Å². The van der Waals surface area contributed by atoms with E-state index < -0.39 is 15.9 Å². The molecule has 1 aliphatic rings. The molecule has 0 aliphatic carbocycles. The molecule has 0 spiro atoms. The minimum atomic E-state index is -3.64. The van der Waals surface area contributed by atoms with Crippen molar-refractivity contribution in [3.8, 4) is 0 Å². The Kier molecular flexibility index (Phi) is 5.56. The Hall–Kier alpha value is -3.17. The first-order valence-corrected chi connectivity index (χ1v) is 11.0. The standard InChI is InChI=1S/C21H21N3O5S/c25-20(14-22-21(26)18-7-12-29-15-18)23-8-10-24(11-9-23)30(27,28)19-6-5-16-3-1-2-4-17(16)13-19/h1-7,12-13,15H,8-11,14H2,(H,22,26). The molecular weight excluding hydrogens is 406 g/mol. The Bertz CT molecular complexity index is 1170. The highest BCUT2D eigenvalue weighted by Crippen LogP contribution is 2.22. The summed E-state index contributed by atoms with van der Waals surface area (Å²) in [5.41, 5.74) is 0.342. The summed E-state index contributed by atoms with van der Waals surface area (Å²) in [5.74, 6) is -0.649. The average molecular weight is 427 g/mol. The topological polar surface area (TPSA) is 99.9 Å². The second-order valence-corrected chi connectivity index (χ2v) is 8.93. The van der Waals surface area contributed by atoms with Gasteiger partial charge in [-0.1, -0.05) is 30.3 Å². The Morgan fingerprint density at radius 1 is 0.967 bits per heavy atom. The summed E-state index contributed by atoms with van der Waals surface area (Å²) < 4.78 is 32.3. The van der Waals surface area contributed by atoms with Gasteiger partial charge in [0.2, 0.25) is 15.9 Å². The third-order valence-electron chi connectivity index (χ3n) is 5.13. The highest BCUT2D eigenvalue weighted by atomic mass is 32.2. The van der Waals surface area contributed by atoms with Gasteiger partial charge in [-0.3, -0.25) is 9.59 Å². The van der Waals surface area contributed by atoms with Gasteiger partial charge in [0.15, 0.2) is 0 Å². The van der Waals surface area contributed by atoms with Gasteiger partial charge >= 0.3 is 0 Å². The van der Waals surface area contributed by atoms with Crippen LogP contribution in [-0.2, 0) is 14.8 Å².